The number of fused-ring (bicyclic) bond motifs is 2. The number of nitrogens with one attached hydrogen (secondary N) is 2. The molecule has 1 aliphatic heterocycles. The van der Waals surface area contributed by atoms with Crippen molar-refractivity contribution in [2.24, 2.45) is 9.98 Å². The van der Waals surface area contributed by atoms with Gasteiger partial charge in [-0.1, -0.05) is 67.1 Å². The fourth-order valence-electron chi connectivity index (χ4n) is 7.53. The number of carbonyl (C=O) groups is 2. The fourth-order valence-corrected chi connectivity index (χ4v) is 9.36. The van der Waals surface area contributed by atoms with Crippen LogP contribution in [0.4, 0.5) is 22.8 Å². The largest absolute Gasteiger partial charge is 0.444 e. The van der Waals surface area contributed by atoms with Crippen LogP contribution in [0.1, 0.15) is 112 Å². The van der Waals surface area contributed by atoms with Gasteiger partial charge < -0.3 is 20.1 Å². The van der Waals surface area contributed by atoms with E-state index in [2.05, 4.69) is 59.7 Å². The molecule has 1 heterocycles. The summed E-state index contributed by atoms with van der Waals surface area (Å²) in [5.41, 5.74) is 3.40. The number of alkyl halides is 3. The lowest BCUT2D eigenvalue weighted by Crippen LogP contribution is -2.43. The normalized spacial score (nSPS) is 20.4. The zero-order valence-electron chi connectivity index (χ0n) is 36.1. The maximum atomic E-state index is 14.4. The number of nitrogens with zero attached hydrogens (tertiary/aromatic N) is 2. The van der Waals surface area contributed by atoms with Gasteiger partial charge in [-0.3, -0.25) is 9.98 Å². The lowest BCUT2D eigenvalue weighted by atomic mass is 9.76. The molecule has 3 aliphatic rings. The van der Waals surface area contributed by atoms with Crippen LogP contribution in [0.15, 0.2) is 64.6 Å². The van der Waals surface area contributed by atoms with Gasteiger partial charge in [-0.05, 0) is 137 Å². The van der Waals surface area contributed by atoms with Crippen molar-refractivity contribution in [3.8, 4) is 0 Å². The number of hydrogen-bond donors (Lipinski definition) is 2. The van der Waals surface area contributed by atoms with Gasteiger partial charge in [0.25, 0.3) is 0 Å². The minimum Gasteiger partial charge on any atom is -0.444 e. The third kappa shape index (κ3) is 12.3. The van der Waals surface area contributed by atoms with Crippen molar-refractivity contribution in [3.63, 3.8) is 0 Å². The molecule has 326 valence electrons. The van der Waals surface area contributed by atoms with Crippen LogP contribution in [-0.4, -0.2) is 67.4 Å². The summed E-state index contributed by atoms with van der Waals surface area (Å²) in [6, 6.07) is 15.9. The second kappa shape index (κ2) is 18.4. The number of benzene rings is 3. The Bertz CT molecular complexity index is 2130. The van der Waals surface area contributed by atoms with Crippen LogP contribution in [0.3, 0.4) is 0 Å². The molecule has 2 N–H and O–H groups in total. The molecule has 0 radical (unpaired) electrons. The Morgan fingerprint density at radius 1 is 0.833 bits per heavy atom. The molecule has 2 amide bonds. The molecule has 0 fully saturated rings. The smallest absolute Gasteiger partial charge is 0.408 e. The average molecular weight is 906 g/mol. The fraction of sp³-hybridized carbons (Fsp3) is 0.511. The SMILES string of the molecule is CC(C)(C)OC(=O)NC1CCc2cc(C3=NCC(c4cc(Cl)cc(Cl)c4)(C(F)(F)F)C3)ccc21.CSC(=NC[Si](C)(C)C)c1ccc2c(c1)CCC2NC(=O)OC(C)(C)C. The zero-order chi connectivity index (χ0) is 44.4. The van der Waals surface area contributed by atoms with Gasteiger partial charge in [-0.25, -0.2) is 9.59 Å². The Morgan fingerprint density at radius 2 is 1.35 bits per heavy atom. The molecule has 8 nitrogen and oxygen atoms in total. The molecule has 60 heavy (non-hydrogen) atoms. The molecule has 0 spiro atoms. The summed E-state index contributed by atoms with van der Waals surface area (Å²) in [4.78, 5) is 33.4. The summed E-state index contributed by atoms with van der Waals surface area (Å²) in [7, 11) is -1.20. The van der Waals surface area contributed by atoms with Gasteiger partial charge in [0.1, 0.15) is 16.6 Å². The van der Waals surface area contributed by atoms with Crippen molar-refractivity contribution in [2.75, 3.05) is 19.0 Å². The predicted octanol–water partition coefficient (Wildman–Crippen LogP) is 12.4. The van der Waals surface area contributed by atoms with Gasteiger partial charge in [0, 0.05) is 33.9 Å². The lowest BCUT2D eigenvalue weighted by Gasteiger charge is -2.31. The molecule has 2 aliphatic carbocycles. The molecule has 0 bridgehead atoms. The number of thioether (sulfide) groups is 1. The minimum absolute atomic E-state index is 0.0130. The van der Waals surface area contributed by atoms with Crippen LogP contribution in [0.2, 0.25) is 29.7 Å². The first-order valence-corrected chi connectivity index (χ1v) is 25.9. The van der Waals surface area contributed by atoms with Crippen LogP contribution in [0.25, 0.3) is 0 Å². The topological polar surface area (TPSA) is 101 Å². The number of amides is 2. The third-order valence-electron chi connectivity index (χ3n) is 10.3. The van der Waals surface area contributed by atoms with Gasteiger partial charge in [-0.2, -0.15) is 13.2 Å². The summed E-state index contributed by atoms with van der Waals surface area (Å²) in [5, 5.41) is 7.31. The van der Waals surface area contributed by atoms with Crippen LogP contribution in [0, 0.1) is 0 Å². The van der Waals surface area contributed by atoms with Crippen LogP contribution in [0.5, 0.6) is 0 Å². The van der Waals surface area contributed by atoms with E-state index in [1.807, 2.05) is 32.9 Å². The quantitative estimate of drug-likeness (QED) is 0.140. The van der Waals surface area contributed by atoms with Gasteiger partial charge in [0.15, 0.2) is 0 Å². The van der Waals surface area contributed by atoms with E-state index >= 15 is 0 Å². The van der Waals surface area contributed by atoms with E-state index in [4.69, 9.17) is 37.7 Å². The molecule has 3 aromatic carbocycles. The molecule has 0 aromatic heterocycles. The minimum atomic E-state index is -4.54. The highest BCUT2D eigenvalue weighted by Gasteiger charge is 2.58. The van der Waals surface area contributed by atoms with Crippen molar-refractivity contribution in [2.45, 2.75) is 128 Å². The number of halogens is 5. The summed E-state index contributed by atoms with van der Waals surface area (Å²) < 4.78 is 53.8. The number of aryl methyl sites for hydroxylation is 2. The van der Waals surface area contributed by atoms with Crippen LogP contribution < -0.4 is 10.6 Å². The Balaban J connectivity index is 0.000000237. The van der Waals surface area contributed by atoms with Crippen LogP contribution >= 0.6 is 35.0 Å². The monoisotopic (exact) mass is 904 g/mol. The molecule has 0 saturated heterocycles. The van der Waals surface area contributed by atoms with Crippen molar-refractivity contribution in [1.82, 2.24) is 10.6 Å². The number of rotatable bonds is 7. The predicted molar refractivity (Wildman–Crippen MR) is 242 cm³/mol. The number of carbonyl (C=O) groups excluding carboxylic acids is 2. The van der Waals surface area contributed by atoms with E-state index in [1.165, 1.54) is 34.9 Å². The summed E-state index contributed by atoms with van der Waals surface area (Å²) >= 11 is 13.7. The van der Waals surface area contributed by atoms with E-state index in [9.17, 15) is 22.8 Å². The van der Waals surface area contributed by atoms with E-state index in [0.29, 0.717) is 24.1 Å². The van der Waals surface area contributed by atoms with Crippen molar-refractivity contribution >= 4 is 66.0 Å². The number of alkyl carbamates (subject to hydrolysis) is 2. The van der Waals surface area contributed by atoms with Crippen molar-refractivity contribution < 1.29 is 32.2 Å². The van der Waals surface area contributed by atoms with Crippen molar-refractivity contribution in [1.29, 1.82) is 0 Å². The van der Waals surface area contributed by atoms with Gasteiger partial charge in [-0.15, -0.1) is 11.8 Å². The van der Waals surface area contributed by atoms with Gasteiger partial charge in [0.2, 0.25) is 0 Å². The van der Waals surface area contributed by atoms with Gasteiger partial charge in [0.05, 0.1) is 31.7 Å². The Labute approximate surface area is 367 Å². The molecule has 15 heteroatoms. The van der Waals surface area contributed by atoms with E-state index in [1.54, 1.807) is 38.6 Å². The van der Waals surface area contributed by atoms with Crippen molar-refractivity contribution in [3.05, 3.63) is 104 Å². The van der Waals surface area contributed by atoms with E-state index < -0.39 is 43.5 Å². The summed E-state index contributed by atoms with van der Waals surface area (Å²) in [6.07, 6.45) is 0.635. The first-order chi connectivity index (χ1) is 27.8. The molecule has 0 saturated carbocycles. The highest BCUT2D eigenvalue weighted by atomic mass is 35.5. The lowest BCUT2D eigenvalue weighted by molar-refractivity contribution is -0.183. The third-order valence-corrected chi connectivity index (χ3v) is 12.6. The highest BCUT2D eigenvalue weighted by molar-refractivity contribution is 8.13. The molecule has 3 atom stereocenters. The summed E-state index contributed by atoms with van der Waals surface area (Å²) in [6.45, 7) is 17.6. The number of hydrogen-bond acceptors (Lipinski definition) is 7. The Kier molecular flexibility index (Phi) is 14.6. The van der Waals surface area contributed by atoms with Gasteiger partial charge >= 0.3 is 18.4 Å². The second-order valence-electron chi connectivity index (χ2n) is 18.9. The summed E-state index contributed by atoms with van der Waals surface area (Å²) in [5.74, 6) is 0. The molecular weight excluding hydrogens is 849 g/mol. The van der Waals surface area contributed by atoms with E-state index in [0.717, 1.165) is 35.2 Å². The maximum Gasteiger partial charge on any atom is 0.408 e. The first kappa shape index (κ1) is 47.5. The molecular formula is C45H57Cl2F3N4O4SSi. The Hall–Kier alpha value is -3.52. The van der Waals surface area contributed by atoms with Crippen LogP contribution in [-0.2, 0) is 27.7 Å². The molecule has 6 rings (SSSR count). The molecule has 3 unspecified atom stereocenters. The highest BCUT2D eigenvalue weighted by Crippen LogP contribution is 2.49. The average Bonchev–Trinajstić information content (AvgIpc) is 3.84. The Morgan fingerprint density at radius 3 is 1.83 bits per heavy atom. The molecule has 3 aromatic rings. The standard InChI is InChI=1S/C25H25Cl2F3N2O2.C20H32N2O2SSi/c1-23(2,3)34-22(33)32-20-7-5-14-8-15(4-6-19(14)20)21-12-24(13-31-21,25(28,29)30)16-9-17(26)11-18(27)10-16;1-20(2,3)24-19(23)22-17-11-9-14-12-15(8-10-16(14)17)18(25-4)21-13-26(5,6)7/h4,6,8-11,20H,5,7,12-13H2,1-3H3,(H,32,33);8,10,12,17H,9,11,13H2,1-7H3,(H,22,23). The second-order valence-corrected chi connectivity index (χ2v) is 26.0. The first-order valence-electron chi connectivity index (χ1n) is 20.2. The number of ether oxygens (including phenoxy) is 2. The maximum absolute atomic E-state index is 14.4. The van der Waals surface area contributed by atoms with E-state index in [-0.39, 0.29) is 40.2 Å². The number of aliphatic imine (C=N–C) groups is 2. The zero-order valence-corrected chi connectivity index (χ0v) is 39.5.